The number of esters is 1. The van der Waals surface area contributed by atoms with E-state index in [1.807, 2.05) is 6.07 Å². The molecule has 0 aliphatic rings. The summed E-state index contributed by atoms with van der Waals surface area (Å²) < 4.78 is 23.9. The Bertz CT molecular complexity index is 736. The van der Waals surface area contributed by atoms with E-state index in [4.69, 9.17) is 9.47 Å². The summed E-state index contributed by atoms with van der Waals surface area (Å²) in [5.74, 6) is -1.95. The zero-order chi connectivity index (χ0) is 16.8. The number of benzene rings is 2. The lowest BCUT2D eigenvalue weighted by Crippen LogP contribution is -2.21. The van der Waals surface area contributed by atoms with Crippen molar-refractivity contribution in [2.75, 3.05) is 19.0 Å². The van der Waals surface area contributed by atoms with Gasteiger partial charge in [0.15, 0.2) is 18.2 Å². The van der Waals surface area contributed by atoms with Gasteiger partial charge in [-0.25, -0.2) is 9.18 Å². The van der Waals surface area contributed by atoms with Crippen molar-refractivity contribution in [2.24, 2.45) is 0 Å². The van der Waals surface area contributed by atoms with Crippen molar-refractivity contribution in [3.8, 4) is 5.75 Å². The number of hydrogen-bond acceptors (Lipinski definition) is 4. The molecule has 7 heteroatoms. The topological polar surface area (TPSA) is 64.6 Å². The molecule has 2 aromatic rings. The van der Waals surface area contributed by atoms with Crippen molar-refractivity contribution in [1.29, 1.82) is 0 Å². The van der Waals surface area contributed by atoms with Gasteiger partial charge in [-0.05, 0) is 36.4 Å². The van der Waals surface area contributed by atoms with E-state index < -0.39 is 24.3 Å². The molecule has 0 saturated carbocycles. The summed E-state index contributed by atoms with van der Waals surface area (Å²) in [7, 11) is 1.32. The zero-order valence-corrected chi connectivity index (χ0v) is 13.7. The number of ether oxygens (including phenoxy) is 2. The Morgan fingerprint density at radius 3 is 2.65 bits per heavy atom. The summed E-state index contributed by atoms with van der Waals surface area (Å²) in [6, 6.07) is 10.6. The number of methoxy groups -OCH3 is 1. The van der Waals surface area contributed by atoms with E-state index in [0.29, 0.717) is 5.69 Å². The monoisotopic (exact) mass is 381 g/mol. The third-order valence-corrected chi connectivity index (χ3v) is 3.32. The second-order valence-corrected chi connectivity index (χ2v) is 5.40. The molecular formula is C16H13BrFNO4. The van der Waals surface area contributed by atoms with Crippen LogP contribution in [-0.2, 0) is 9.53 Å². The predicted molar refractivity (Wildman–Crippen MR) is 86.0 cm³/mol. The van der Waals surface area contributed by atoms with E-state index in [1.54, 1.807) is 18.2 Å². The first-order valence-electron chi connectivity index (χ1n) is 6.55. The average Bonchev–Trinajstić information content (AvgIpc) is 2.52. The van der Waals surface area contributed by atoms with Crippen LogP contribution in [0.5, 0.6) is 5.75 Å². The first kappa shape index (κ1) is 17.0. The van der Waals surface area contributed by atoms with Crippen molar-refractivity contribution >= 4 is 33.5 Å². The van der Waals surface area contributed by atoms with Crippen molar-refractivity contribution in [2.45, 2.75) is 0 Å². The number of amides is 1. The number of halogens is 2. The van der Waals surface area contributed by atoms with Crippen LogP contribution in [0.15, 0.2) is 46.9 Å². The van der Waals surface area contributed by atoms with Gasteiger partial charge in [0, 0.05) is 10.2 Å². The molecule has 0 radical (unpaired) electrons. The molecule has 0 spiro atoms. The Labute approximate surface area is 140 Å². The molecule has 5 nitrogen and oxygen atoms in total. The Balaban J connectivity index is 1.91. The minimum Gasteiger partial charge on any atom is -0.494 e. The molecule has 23 heavy (non-hydrogen) atoms. The van der Waals surface area contributed by atoms with Crippen LogP contribution >= 0.6 is 15.9 Å². The molecule has 1 amide bonds. The maximum Gasteiger partial charge on any atom is 0.338 e. The summed E-state index contributed by atoms with van der Waals surface area (Å²) in [5.41, 5.74) is 0.564. The van der Waals surface area contributed by atoms with E-state index in [-0.39, 0.29) is 11.3 Å². The Morgan fingerprint density at radius 2 is 2.00 bits per heavy atom. The van der Waals surface area contributed by atoms with Crippen LogP contribution < -0.4 is 10.1 Å². The standard InChI is InChI=1S/C16H13BrFNO4/c1-22-14-6-5-10(7-13(14)18)16(21)23-9-15(20)19-12-4-2-3-11(17)8-12/h2-8H,9H2,1H3,(H,19,20). The second-order valence-electron chi connectivity index (χ2n) is 4.48. The van der Waals surface area contributed by atoms with Gasteiger partial charge in [0.25, 0.3) is 5.91 Å². The SMILES string of the molecule is COc1ccc(C(=O)OCC(=O)Nc2cccc(Br)c2)cc1F. The van der Waals surface area contributed by atoms with Crippen molar-refractivity contribution < 1.29 is 23.5 Å². The van der Waals surface area contributed by atoms with Crippen LogP contribution in [-0.4, -0.2) is 25.6 Å². The molecule has 0 atom stereocenters. The van der Waals surface area contributed by atoms with Crippen LogP contribution in [0.25, 0.3) is 0 Å². The quantitative estimate of drug-likeness (QED) is 0.806. The van der Waals surface area contributed by atoms with Gasteiger partial charge < -0.3 is 14.8 Å². The molecule has 1 N–H and O–H groups in total. The summed E-state index contributed by atoms with van der Waals surface area (Å²) in [5, 5.41) is 2.58. The van der Waals surface area contributed by atoms with Crippen LogP contribution in [0.3, 0.4) is 0 Å². The largest absolute Gasteiger partial charge is 0.494 e. The summed E-state index contributed by atoms with van der Waals surface area (Å²) in [6.45, 7) is -0.473. The number of hydrogen-bond donors (Lipinski definition) is 1. The van der Waals surface area contributed by atoms with Gasteiger partial charge in [-0.2, -0.15) is 0 Å². The molecule has 120 valence electrons. The molecule has 0 bridgehead atoms. The maximum absolute atomic E-state index is 13.5. The zero-order valence-electron chi connectivity index (χ0n) is 12.1. The highest BCUT2D eigenvalue weighted by atomic mass is 79.9. The van der Waals surface area contributed by atoms with Crippen LogP contribution in [0.4, 0.5) is 10.1 Å². The van der Waals surface area contributed by atoms with Crippen LogP contribution in [0, 0.1) is 5.82 Å². The lowest BCUT2D eigenvalue weighted by Gasteiger charge is -2.08. The summed E-state index contributed by atoms with van der Waals surface area (Å²) in [6.07, 6.45) is 0. The lowest BCUT2D eigenvalue weighted by atomic mass is 10.2. The van der Waals surface area contributed by atoms with Gasteiger partial charge in [0.1, 0.15) is 0 Å². The molecule has 0 unspecified atom stereocenters. The van der Waals surface area contributed by atoms with Gasteiger partial charge >= 0.3 is 5.97 Å². The molecule has 0 saturated heterocycles. The van der Waals surface area contributed by atoms with Crippen LogP contribution in [0.1, 0.15) is 10.4 Å². The van der Waals surface area contributed by atoms with Gasteiger partial charge in [-0.1, -0.05) is 22.0 Å². The minimum absolute atomic E-state index is 0.00134. The number of carbonyl (C=O) groups excluding carboxylic acids is 2. The minimum atomic E-state index is -0.795. The van der Waals surface area contributed by atoms with Gasteiger partial charge in [-0.15, -0.1) is 0 Å². The van der Waals surface area contributed by atoms with Gasteiger partial charge in [0.2, 0.25) is 0 Å². The molecule has 2 rings (SSSR count). The fourth-order valence-corrected chi connectivity index (χ4v) is 2.17. The fraction of sp³-hybridized carbons (Fsp3) is 0.125. The Kier molecular flexibility index (Phi) is 5.70. The molecule has 0 aromatic heterocycles. The third kappa shape index (κ3) is 4.79. The van der Waals surface area contributed by atoms with Crippen molar-refractivity contribution in [3.63, 3.8) is 0 Å². The highest BCUT2D eigenvalue weighted by Crippen LogP contribution is 2.18. The Morgan fingerprint density at radius 1 is 1.22 bits per heavy atom. The van der Waals surface area contributed by atoms with Gasteiger partial charge in [0.05, 0.1) is 12.7 Å². The lowest BCUT2D eigenvalue weighted by molar-refractivity contribution is -0.119. The smallest absolute Gasteiger partial charge is 0.338 e. The molecule has 0 aliphatic heterocycles. The predicted octanol–water partition coefficient (Wildman–Crippen LogP) is 3.39. The third-order valence-electron chi connectivity index (χ3n) is 2.83. The van der Waals surface area contributed by atoms with E-state index in [9.17, 15) is 14.0 Å². The molecule has 0 fully saturated rings. The molecule has 2 aromatic carbocycles. The first-order chi connectivity index (χ1) is 11.0. The number of carbonyl (C=O) groups is 2. The first-order valence-corrected chi connectivity index (χ1v) is 7.35. The number of rotatable bonds is 5. The van der Waals surface area contributed by atoms with E-state index in [0.717, 1.165) is 10.5 Å². The summed E-state index contributed by atoms with van der Waals surface area (Å²) in [4.78, 5) is 23.5. The van der Waals surface area contributed by atoms with E-state index in [1.165, 1.54) is 19.2 Å². The summed E-state index contributed by atoms with van der Waals surface area (Å²) >= 11 is 3.28. The highest BCUT2D eigenvalue weighted by molar-refractivity contribution is 9.10. The second kappa shape index (κ2) is 7.73. The van der Waals surface area contributed by atoms with Crippen molar-refractivity contribution in [1.82, 2.24) is 0 Å². The average molecular weight is 382 g/mol. The highest BCUT2D eigenvalue weighted by Gasteiger charge is 2.13. The van der Waals surface area contributed by atoms with Gasteiger partial charge in [-0.3, -0.25) is 4.79 Å². The fourth-order valence-electron chi connectivity index (χ4n) is 1.77. The number of anilines is 1. The van der Waals surface area contributed by atoms with E-state index >= 15 is 0 Å². The maximum atomic E-state index is 13.5. The van der Waals surface area contributed by atoms with E-state index in [2.05, 4.69) is 21.2 Å². The number of nitrogens with one attached hydrogen (secondary N) is 1. The Hall–Kier alpha value is -2.41. The molecular weight excluding hydrogens is 369 g/mol. The van der Waals surface area contributed by atoms with Crippen molar-refractivity contribution in [3.05, 3.63) is 58.3 Å². The molecule has 0 aliphatic carbocycles. The van der Waals surface area contributed by atoms with Crippen LogP contribution in [0.2, 0.25) is 0 Å². The molecule has 0 heterocycles. The normalized spacial score (nSPS) is 10.0.